The Kier molecular flexibility index (Phi) is 3.85. The van der Waals surface area contributed by atoms with E-state index >= 15 is 0 Å². The lowest BCUT2D eigenvalue weighted by atomic mass is 10.1. The third-order valence-electron chi connectivity index (χ3n) is 3.41. The summed E-state index contributed by atoms with van der Waals surface area (Å²) in [6.45, 7) is 5.35. The fourth-order valence-electron chi connectivity index (χ4n) is 2.44. The van der Waals surface area contributed by atoms with E-state index < -0.39 is 0 Å². The summed E-state index contributed by atoms with van der Waals surface area (Å²) in [5.74, 6) is 0. The molecule has 1 N–H and O–H groups in total. The lowest BCUT2D eigenvalue weighted by Gasteiger charge is -2.16. The second-order valence-corrected chi connectivity index (χ2v) is 6.29. The molecule has 0 radical (unpaired) electrons. The highest BCUT2D eigenvalue weighted by Crippen LogP contribution is 2.30. The average Bonchev–Trinajstić information content (AvgIpc) is 3.07. The largest absolute Gasteiger partial charge is 0.305 e. The predicted molar refractivity (Wildman–Crippen MR) is 84.4 cm³/mol. The van der Waals surface area contributed by atoms with Gasteiger partial charge in [0, 0.05) is 21.5 Å². The molecule has 0 amide bonds. The average molecular weight is 285 g/mol. The molecule has 4 heteroatoms. The molecule has 1 unspecified atom stereocenters. The van der Waals surface area contributed by atoms with Crippen molar-refractivity contribution in [3.8, 4) is 0 Å². The van der Waals surface area contributed by atoms with Crippen molar-refractivity contribution in [2.45, 2.75) is 26.3 Å². The number of nitrogens with zero attached hydrogens (tertiary/aromatic N) is 2. The number of fused-ring (bicyclic) bond motifs is 1. The first-order valence-corrected chi connectivity index (χ1v) is 7.83. The maximum Gasteiger partial charge on any atom is 0.0713 e. The van der Waals surface area contributed by atoms with Gasteiger partial charge in [0.15, 0.2) is 0 Å². The van der Waals surface area contributed by atoms with Crippen LogP contribution in [0.3, 0.4) is 0 Å². The molecule has 0 spiro atoms. The van der Waals surface area contributed by atoms with E-state index in [2.05, 4.69) is 48.5 Å². The van der Waals surface area contributed by atoms with Crippen molar-refractivity contribution in [2.75, 3.05) is 6.54 Å². The minimum absolute atomic E-state index is 0.230. The van der Waals surface area contributed by atoms with E-state index in [-0.39, 0.29) is 6.04 Å². The predicted octanol–water partition coefficient (Wildman–Crippen LogP) is 3.79. The molecule has 0 saturated carbocycles. The Balaban J connectivity index is 2.04. The van der Waals surface area contributed by atoms with Crippen LogP contribution < -0.4 is 5.32 Å². The van der Waals surface area contributed by atoms with Crippen molar-refractivity contribution < 1.29 is 0 Å². The van der Waals surface area contributed by atoms with Gasteiger partial charge in [-0.25, -0.2) is 4.52 Å². The Morgan fingerprint density at radius 1 is 1.30 bits per heavy atom. The number of thiophene rings is 1. The third kappa shape index (κ3) is 2.49. The highest BCUT2D eigenvalue weighted by atomic mass is 32.1. The molecule has 0 fully saturated rings. The summed E-state index contributed by atoms with van der Waals surface area (Å²) in [7, 11) is 0. The van der Waals surface area contributed by atoms with Crippen LogP contribution in [0, 0.1) is 6.92 Å². The highest BCUT2D eigenvalue weighted by molar-refractivity contribution is 7.12. The van der Waals surface area contributed by atoms with Gasteiger partial charge >= 0.3 is 0 Å². The number of pyridine rings is 1. The quantitative estimate of drug-likeness (QED) is 0.772. The van der Waals surface area contributed by atoms with Gasteiger partial charge in [0.25, 0.3) is 0 Å². The van der Waals surface area contributed by atoms with Crippen LogP contribution in [0.4, 0.5) is 0 Å². The van der Waals surface area contributed by atoms with Gasteiger partial charge < -0.3 is 5.32 Å². The summed E-state index contributed by atoms with van der Waals surface area (Å²) in [5, 5.41) is 8.11. The molecule has 0 saturated heterocycles. The molecular weight excluding hydrogens is 266 g/mol. The SMILES string of the molecule is CCCNC(c1ccc(C)s1)c1cnn2ccccc12. The van der Waals surface area contributed by atoms with Gasteiger partial charge in [-0.05, 0) is 44.2 Å². The molecule has 3 aromatic heterocycles. The minimum Gasteiger partial charge on any atom is -0.305 e. The zero-order valence-corrected chi connectivity index (χ0v) is 12.7. The van der Waals surface area contributed by atoms with E-state index in [1.165, 1.54) is 20.8 Å². The van der Waals surface area contributed by atoms with E-state index in [0.717, 1.165) is 13.0 Å². The van der Waals surface area contributed by atoms with Crippen molar-refractivity contribution in [1.29, 1.82) is 0 Å². The number of hydrogen-bond acceptors (Lipinski definition) is 3. The number of hydrogen-bond donors (Lipinski definition) is 1. The van der Waals surface area contributed by atoms with Gasteiger partial charge in [-0.15, -0.1) is 11.3 Å². The molecule has 20 heavy (non-hydrogen) atoms. The first-order valence-electron chi connectivity index (χ1n) is 7.01. The van der Waals surface area contributed by atoms with Crippen molar-refractivity contribution in [3.63, 3.8) is 0 Å². The van der Waals surface area contributed by atoms with E-state index in [1.54, 1.807) is 0 Å². The first-order chi connectivity index (χ1) is 9.79. The molecule has 1 atom stereocenters. The van der Waals surface area contributed by atoms with Gasteiger partial charge in [0.05, 0.1) is 17.8 Å². The van der Waals surface area contributed by atoms with Crippen LogP contribution in [0.15, 0.2) is 42.7 Å². The summed E-state index contributed by atoms with van der Waals surface area (Å²) in [6.07, 6.45) is 5.10. The third-order valence-corrected chi connectivity index (χ3v) is 4.48. The van der Waals surface area contributed by atoms with Gasteiger partial charge in [-0.3, -0.25) is 0 Å². The molecule has 104 valence electrons. The number of rotatable bonds is 5. The van der Waals surface area contributed by atoms with Crippen molar-refractivity contribution >= 4 is 16.9 Å². The smallest absolute Gasteiger partial charge is 0.0713 e. The number of nitrogens with one attached hydrogen (secondary N) is 1. The Bertz CT molecular complexity index is 698. The molecule has 3 aromatic rings. The summed E-state index contributed by atoms with van der Waals surface area (Å²) < 4.78 is 1.94. The number of aromatic nitrogens is 2. The Morgan fingerprint density at radius 3 is 2.95 bits per heavy atom. The van der Waals surface area contributed by atoms with Gasteiger partial charge in [0.2, 0.25) is 0 Å². The maximum atomic E-state index is 4.46. The molecular formula is C16H19N3S. The second-order valence-electron chi connectivity index (χ2n) is 4.97. The summed E-state index contributed by atoms with van der Waals surface area (Å²) in [5.41, 5.74) is 2.42. The van der Waals surface area contributed by atoms with Crippen LogP contribution in [0.5, 0.6) is 0 Å². The molecule has 0 bridgehead atoms. The van der Waals surface area contributed by atoms with E-state index in [4.69, 9.17) is 0 Å². The van der Waals surface area contributed by atoms with Gasteiger partial charge in [-0.2, -0.15) is 5.10 Å². The zero-order valence-electron chi connectivity index (χ0n) is 11.8. The maximum absolute atomic E-state index is 4.46. The number of aryl methyl sites for hydroxylation is 1. The minimum atomic E-state index is 0.230. The van der Waals surface area contributed by atoms with E-state index in [0.29, 0.717) is 0 Å². The summed E-state index contributed by atoms with van der Waals surface area (Å²) >= 11 is 1.85. The molecule has 0 aromatic carbocycles. The molecule has 3 heterocycles. The molecule has 0 aliphatic rings. The fraction of sp³-hybridized carbons (Fsp3) is 0.312. The molecule has 3 rings (SSSR count). The molecule has 0 aliphatic carbocycles. The molecule has 0 aliphatic heterocycles. The van der Waals surface area contributed by atoms with Crippen LogP contribution in [0.25, 0.3) is 5.52 Å². The fourth-order valence-corrected chi connectivity index (χ4v) is 3.41. The molecule has 3 nitrogen and oxygen atoms in total. The Labute approximate surface area is 123 Å². The lowest BCUT2D eigenvalue weighted by Crippen LogP contribution is -2.22. The summed E-state index contributed by atoms with van der Waals surface area (Å²) in [4.78, 5) is 2.70. The Hall–Kier alpha value is -1.65. The zero-order chi connectivity index (χ0) is 13.9. The van der Waals surface area contributed by atoms with Crippen molar-refractivity contribution in [2.24, 2.45) is 0 Å². The standard InChI is InChI=1S/C16H19N3S/c1-3-9-17-16(15-8-7-12(2)20-15)13-11-18-19-10-5-4-6-14(13)19/h4-8,10-11,16-17H,3,9H2,1-2H3. The summed E-state index contributed by atoms with van der Waals surface area (Å²) in [6, 6.07) is 10.8. The van der Waals surface area contributed by atoms with Crippen molar-refractivity contribution in [3.05, 3.63) is 58.0 Å². The van der Waals surface area contributed by atoms with Crippen LogP contribution >= 0.6 is 11.3 Å². The van der Waals surface area contributed by atoms with Gasteiger partial charge in [-0.1, -0.05) is 13.0 Å². The highest BCUT2D eigenvalue weighted by Gasteiger charge is 2.19. The normalized spacial score (nSPS) is 12.9. The first kappa shape index (κ1) is 13.3. The van der Waals surface area contributed by atoms with Crippen LogP contribution in [0.2, 0.25) is 0 Å². The van der Waals surface area contributed by atoms with Gasteiger partial charge in [0.1, 0.15) is 0 Å². The second kappa shape index (κ2) is 5.77. The Morgan fingerprint density at radius 2 is 2.20 bits per heavy atom. The lowest BCUT2D eigenvalue weighted by molar-refractivity contribution is 0.609. The topological polar surface area (TPSA) is 29.3 Å². The van der Waals surface area contributed by atoms with Crippen molar-refractivity contribution in [1.82, 2.24) is 14.9 Å². The van der Waals surface area contributed by atoms with Crippen LogP contribution in [-0.4, -0.2) is 16.2 Å². The van der Waals surface area contributed by atoms with Crippen LogP contribution in [-0.2, 0) is 0 Å². The van der Waals surface area contributed by atoms with E-state index in [9.17, 15) is 0 Å². The monoisotopic (exact) mass is 285 g/mol. The van der Waals surface area contributed by atoms with E-state index in [1.807, 2.05) is 34.3 Å². The van der Waals surface area contributed by atoms with Crippen LogP contribution in [0.1, 0.15) is 34.7 Å².